The Bertz CT molecular complexity index is 618. The van der Waals surface area contributed by atoms with Gasteiger partial charge in [0.05, 0.1) is 10.6 Å². The maximum Gasteiger partial charge on any atom is 0.175 e. The van der Waals surface area contributed by atoms with Crippen molar-refractivity contribution in [3.8, 4) is 11.5 Å². The Kier molecular flexibility index (Phi) is 5.29. The van der Waals surface area contributed by atoms with Gasteiger partial charge in [-0.3, -0.25) is 0 Å². The largest absolute Gasteiger partial charge is 0.490 e. The minimum absolute atomic E-state index is 0.0976. The van der Waals surface area contributed by atoms with Gasteiger partial charge in [-0.2, -0.15) is 0 Å². The van der Waals surface area contributed by atoms with E-state index in [2.05, 4.69) is 5.16 Å². The molecule has 0 atom stereocenters. The third kappa shape index (κ3) is 4.03. The van der Waals surface area contributed by atoms with Crippen molar-refractivity contribution in [2.75, 3.05) is 13.2 Å². The molecule has 0 heterocycles. The monoisotopic (exact) mass is 306 g/mol. The van der Waals surface area contributed by atoms with Crippen LogP contribution in [0.1, 0.15) is 5.56 Å². The van der Waals surface area contributed by atoms with Crippen molar-refractivity contribution in [3.63, 3.8) is 0 Å². The summed E-state index contributed by atoms with van der Waals surface area (Å²) in [5.74, 6) is 1.11. The molecule has 2 aromatic rings. The minimum Gasteiger partial charge on any atom is -0.490 e. The van der Waals surface area contributed by atoms with Crippen molar-refractivity contribution < 1.29 is 14.7 Å². The van der Waals surface area contributed by atoms with E-state index in [1.807, 2.05) is 30.3 Å². The van der Waals surface area contributed by atoms with E-state index in [1.54, 1.807) is 18.2 Å². The Hall–Kier alpha value is -2.40. The van der Waals surface area contributed by atoms with Crippen LogP contribution in [0.2, 0.25) is 5.02 Å². The van der Waals surface area contributed by atoms with Crippen molar-refractivity contribution >= 4 is 17.4 Å². The number of nitrogens with zero attached hydrogens (tertiary/aromatic N) is 1. The summed E-state index contributed by atoms with van der Waals surface area (Å²) in [7, 11) is 0. The lowest BCUT2D eigenvalue weighted by Crippen LogP contribution is -2.17. The number of hydrogen-bond acceptors (Lipinski definition) is 4. The van der Waals surface area contributed by atoms with E-state index in [0.717, 1.165) is 5.75 Å². The predicted octanol–water partition coefficient (Wildman–Crippen LogP) is 2.89. The van der Waals surface area contributed by atoms with Gasteiger partial charge in [0, 0.05) is 0 Å². The maximum atomic E-state index is 8.78. The summed E-state index contributed by atoms with van der Waals surface area (Å²) in [6.45, 7) is 0.674. The zero-order valence-electron chi connectivity index (χ0n) is 11.2. The van der Waals surface area contributed by atoms with Crippen LogP contribution in [0, 0.1) is 0 Å². The normalized spacial score (nSPS) is 11.2. The summed E-state index contributed by atoms with van der Waals surface area (Å²) < 4.78 is 11.1. The lowest BCUT2D eigenvalue weighted by Gasteiger charge is -2.12. The Morgan fingerprint density at radius 2 is 1.76 bits per heavy atom. The number of nitrogens with two attached hydrogens (primary N) is 1. The van der Waals surface area contributed by atoms with E-state index in [4.69, 9.17) is 32.0 Å². The summed E-state index contributed by atoms with van der Waals surface area (Å²) in [5, 5.41) is 12.1. The van der Waals surface area contributed by atoms with Crippen LogP contribution in [-0.4, -0.2) is 24.3 Å². The standard InChI is InChI=1S/C15H15ClN2O3/c16-12-7-4-8-13(14(12)15(17)18-19)21-10-9-20-11-5-2-1-3-6-11/h1-8,19H,9-10H2,(H2,17,18). The fourth-order valence-corrected chi connectivity index (χ4v) is 2.01. The van der Waals surface area contributed by atoms with Crippen molar-refractivity contribution in [3.05, 3.63) is 59.1 Å². The van der Waals surface area contributed by atoms with Crippen LogP contribution in [0.5, 0.6) is 11.5 Å². The van der Waals surface area contributed by atoms with Crippen LogP contribution in [0.4, 0.5) is 0 Å². The molecule has 2 aromatic carbocycles. The maximum absolute atomic E-state index is 8.78. The lowest BCUT2D eigenvalue weighted by molar-refractivity contribution is 0.217. The second-order valence-corrected chi connectivity index (χ2v) is 4.52. The number of ether oxygens (including phenoxy) is 2. The van der Waals surface area contributed by atoms with Gasteiger partial charge in [0.2, 0.25) is 0 Å². The van der Waals surface area contributed by atoms with E-state index >= 15 is 0 Å². The molecular formula is C15H15ClN2O3. The first-order chi connectivity index (χ1) is 10.2. The van der Waals surface area contributed by atoms with Crippen molar-refractivity contribution in [1.29, 1.82) is 0 Å². The molecule has 0 bridgehead atoms. The molecule has 21 heavy (non-hydrogen) atoms. The molecule has 0 spiro atoms. The number of hydrogen-bond donors (Lipinski definition) is 2. The number of halogens is 1. The van der Waals surface area contributed by atoms with Crippen LogP contribution in [-0.2, 0) is 0 Å². The molecule has 3 N–H and O–H groups in total. The second-order valence-electron chi connectivity index (χ2n) is 4.11. The van der Waals surface area contributed by atoms with Gasteiger partial charge in [-0.15, -0.1) is 0 Å². The quantitative estimate of drug-likeness (QED) is 0.283. The molecule has 6 heteroatoms. The molecule has 0 saturated carbocycles. The Morgan fingerprint density at radius 1 is 1.05 bits per heavy atom. The highest BCUT2D eigenvalue weighted by Gasteiger charge is 2.12. The van der Waals surface area contributed by atoms with Gasteiger partial charge in [0.25, 0.3) is 0 Å². The van der Waals surface area contributed by atoms with Crippen molar-refractivity contribution in [1.82, 2.24) is 0 Å². The molecule has 0 fully saturated rings. The van der Waals surface area contributed by atoms with Gasteiger partial charge in [-0.1, -0.05) is 41.0 Å². The zero-order valence-corrected chi connectivity index (χ0v) is 12.0. The van der Waals surface area contributed by atoms with Crippen molar-refractivity contribution in [2.45, 2.75) is 0 Å². The first kappa shape index (κ1) is 15.0. The Morgan fingerprint density at radius 3 is 2.48 bits per heavy atom. The molecule has 0 saturated heterocycles. The van der Waals surface area contributed by atoms with Gasteiger partial charge in [-0.25, -0.2) is 0 Å². The molecule has 0 unspecified atom stereocenters. The molecule has 0 aliphatic heterocycles. The molecule has 110 valence electrons. The van der Waals surface area contributed by atoms with Gasteiger partial charge >= 0.3 is 0 Å². The van der Waals surface area contributed by atoms with Gasteiger partial charge < -0.3 is 20.4 Å². The number of oxime groups is 1. The van der Waals surface area contributed by atoms with Gasteiger partial charge in [0.1, 0.15) is 24.7 Å². The molecule has 0 aliphatic carbocycles. The fourth-order valence-electron chi connectivity index (χ4n) is 1.75. The van der Waals surface area contributed by atoms with E-state index < -0.39 is 0 Å². The first-order valence-electron chi connectivity index (χ1n) is 6.29. The molecule has 2 rings (SSSR count). The van der Waals surface area contributed by atoms with Crippen molar-refractivity contribution in [2.24, 2.45) is 10.9 Å². The summed E-state index contributed by atoms with van der Waals surface area (Å²) in [4.78, 5) is 0. The molecule has 0 aliphatic rings. The minimum atomic E-state index is -0.0976. The van der Waals surface area contributed by atoms with E-state index in [0.29, 0.717) is 29.5 Å². The first-order valence-corrected chi connectivity index (χ1v) is 6.67. The second kappa shape index (κ2) is 7.40. The highest BCUT2D eigenvalue weighted by atomic mass is 35.5. The zero-order chi connectivity index (χ0) is 15.1. The highest BCUT2D eigenvalue weighted by Crippen LogP contribution is 2.26. The SMILES string of the molecule is NC(=NO)c1c(Cl)cccc1OCCOc1ccccc1. The Labute approximate surface area is 127 Å². The average Bonchev–Trinajstić information content (AvgIpc) is 2.52. The van der Waals surface area contributed by atoms with Gasteiger partial charge in [0.15, 0.2) is 5.84 Å². The summed E-state index contributed by atoms with van der Waals surface area (Å²) in [6.07, 6.45) is 0. The molecular weight excluding hydrogens is 292 g/mol. The third-order valence-corrected chi connectivity index (χ3v) is 3.01. The van der Waals surface area contributed by atoms with E-state index in [-0.39, 0.29) is 5.84 Å². The van der Waals surface area contributed by atoms with Gasteiger partial charge in [-0.05, 0) is 24.3 Å². The van der Waals surface area contributed by atoms with Crippen LogP contribution < -0.4 is 15.2 Å². The number of para-hydroxylation sites is 1. The lowest BCUT2D eigenvalue weighted by atomic mass is 10.2. The molecule has 0 amide bonds. The number of benzene rings is 2. The smallest absolute Gasteiger partial charge is 0.175 e. The predicted molar refractivity (Wildman–Crippen MR) is 81.4 cm³/mol. The highest BCUT2D eigenvalue weighted by molar-refractivity contribution is 6.34. The number of amidine groups is 1. The molecule has 5 nitrogen and oxygen atoms in total. The van der Waals surface area contributed by atoms with Crippen LogP contribution in [0.15, 0.2) is 53.7 Å². The molecule has 0 radical (unpaired) electrons. The topological polar surface area (TPSA) is 77.1 Å². The average molecular weight is 307 g/mol. The Balaban J connectivity index is 1.96. The van der Waals surface area contributed by atoms with Crippen LogP contribution >= 0.6 is 11.6 Å². The van der Waals surface area contributed by atoms with Crippen LogP contribution in [0.25, 0.3) is 0 Å². The third-order valence-electron chi connectivity index (χ3n) is 2.69. The molecule has 0 aromatic heterocycles. The summed E-state index contributed by atoms with van der Waals surface area (Å²) in [5.41, 5.74) is 5.96. The number of rotatable bonds is 6. The van der Waals surface area contributed by atoms with E-state index in [9.17, 15) is 0 Å². The van der Waals surface area contributed by atoms with Crippen LogP contribution in [0.3, 0.4) is 0 Å². The fraction of sp³-hybridized carbons (Fsp3) is 0.133. The summed E-state index contributed by atoms with van der Waals surface area (Å²) in [6, 6.07) is 14.5. The van der Waals surface area contributed by atoms with E-state index in [1.165, 1.54) is 0 Å². The summed E-state index contributed by atoms with van der Waals surface area (Å²) >= 11 is 6.03.